The van der Waals surface area contributed by atoms with Gasteiger partial charge in [-0.1, -0.05) is 12.8 Å². The van der Waals surface area contributed by atoms with Crippen molar-refractivity contribution < 1.29 is 13.2 Å². The van der Waals surface area contributed by atoms with Crippen LogP contribution in [0.3, 0.4) is 0 Å². The summed E-state index contributed by atoms with van der Waals surface area (Å²) in [5, 5.41) is 0. The molecule has 1 saturated carbocycles. The Morgan fingerprint density at radius 2 is 1.92 bits per heavy atom. The molecule has 24 heavy (non-hydrogen) atoms. The Bertz CT molecular complexity index is 672. The molecule has 0 aromatic carbocycles. The number of sulfonamides is 1. The lowest BCUT2D eigenvalue weighted by Crippen LogP contribution is -2.35. The zero-order chi connectivity index (χ0) is 17.2. The van der Waals surface area contributed by atoms with Gasteiger partial charge in [-0.15, -0.1) is 0 Å². The molecular weight excluding hydrogens is 326 g/mol. The Hall–Kier alpha value is -1.47. The number of rotatable bonds is 6. The lowest BCUT2D eigenvalue weighted by molar-refractivity contribution is -0.127. The molecule has 1 aromatic rings. The number of aromatic nitrogens is 1. The predicted molar refractivity (Wildman–Crippen MR) is 91.6 cm³/mol. The van der Waals surface area contributed by atoms with Gasteiger partial charge in [-0.25, -0.2) is 13.1 Å². The lowest BCUT2D eigenvalue weighted by Gasteiger charge is -2.25. The second kappa shape index (κ2) is 7.19. The maximum atomic E-state index is 12.3. The van der Waals surface area contributed by atoms with Crippen molar-refractivity contribution >= 4 is 15.9 Å². The summed E-state index contributed by atoms with van der Waals surface area (Å²) in [5.74, 6) is 0.495. The van der Waals surface area contributed by atoms with Crippen LogP contribution in [0.4, 0.5) is 0 Å². The molecule has 0 radical (unpaired) electrons. The van der Waals surface area contributed by atoms with Gasteiger partial charge in [0.2, 0.25) is 15.9 Å². The smallest absolute Gasteiger partial charge is 0.223 e. The molecule has 132 valence electrons. The molecule has 1 aromatic heterocycles. The Kier molecular flexibility index (Phi) is 5.20. The second-order valence-electron chi connectivity index (χ2n) is 6.97. The van der Waals surface area contributed by atoms with E-state index >= 15 is 0 Å². The van der Waals surface area contributed by atoms with Crippen molar-refractivity contribution in [3.05, 3.63) is 30.1 Å². The summed E-state index contributed by atoms with van der Waals surface area (Å²) in [7, 11) is -1.51. The average molecular weight is 351 g/mol. The molecule has 1 saturated heterocycles. The van der Waals surface area contributed by atoms with Gasteiger partial charge in [-0.2, -0.15) is 0 Å². The SMILES string of the molecule is CN1C(=O)C[C@@H](CNS(=O)(=O)CC2CCCC2)[C@@H]1c1ccncc1. The largest absolute Gasteiger partial charge is 0.338 e. The van der Waals surface area contributed by atoms with Crippen molar-refractivity contribution in [3.63, 3.8) is 0 Å². The molecule has 3 rings (SSSR count). The molecule has 7 heteroatoms. The molecule has 1 amide bonds. The predicted octanol–water partition coefficient (Wildman–Crippen LogP) is 1.71. The molecule has 0 spiro atoms. The lowest BCUT2D eigenvalue weighted by atomic mass is 9.95. The molecule has 2 fully saturated rings. The molecule has 1 aliphatic heterocycles. The minimum atomic E-state index is -3.29. The zero-order valence-corrected chi connectivity index (χ0v) is 14.8. The number of amides is 1. The summed E-state index contributed by atoms with van der Waals surface area (Å²) in [5.41, 5.74) is 0.998. The third kappa shape index (κ3) is 3.95. The normalized spacial score (nSPS) is 25.5. The van der Waals surface area contributed by atoms with Crippen molar-refractivity contribution in [3.8, 4) is 0 Å². The highest BCUT2D eigenvalue weighted by molar-refractivity contribution is 7.89. The van der Waals surface area contributed by atoms with Gasteiger partial charge < -0.3 is 4.90 Å². The Balaban J connectivity index is 1.65. The molecular formula is C17H25N3O3S. The Morgan fingerprint density at radius 1 is 1.25 bits per heavy atom. The number of hydrogen-bond acceptors (Lipinski definition) is 4. The third-order valence-electron chi connectivity index (χ3n) is 5.24. The molecule has 1 aliphatic carbocycles. The van der Waals surface area contributed by atoms with E-state index in [2.05, 4.69) is 9.71 Å². The van der Waals surface area contributed by atoms with Crippen molar-refractivity contribution in [1.29, 1.82) is 0 Å². The fraction of sp³-hybridized carbons (Fsp3) is 0.647. The highest BCUT2D eigenvalue weighted by atomic mass is 32.2. The fourth-order valence-electron chi connectivity index (χ4n) is 3.97. The number of pyridine rings is 1. The van der Waals surface area contributed by atoms with Gasteiger partial charge in [0.15, 0.2) is 0 Å². The third-order valence-corrected chi connectivity index (χ3v) is 6.75. The van der Waals surface area contributed by atoms with Gasteiger partial charge in [-0.3, -0.25) is 9.78 Å². The number of carbonyl (C=O) groups is 1. The van der Waals surface area contributed by atoms with Crippen LogP contribution in [0.15, 0.2) is 24.5 Å². The monoisotopic (exact) mass is 351 g/mol. The fourth-order valence-corrected chi connectivity index (χ4v) is 5.51. The molecule has 1 N–H and O–H groups in total. The van der Waals surface area contributed by atoms with Crippen LogP contribution in [0, 0.1) is 11.8 Å². The summed E-state index contributed by atoms with van der Waals surface area (Å²) in [6.45, 7) is 0.304. The van der Waals surface area contributed by atoms with Gasteiger partial charge in [0, 0.05) is 38.3 Å². The highest BCUT2D eigenvalue weighted by Gasteiger charge is 2.38. The van der Waals surface area contributed by atoms with Crippen LogP contribution in [0.25, 0.3) is 0 Å². The van der Waals surface area contributed by atoms with E-state index in [1.165, 1.54) is 0 Å². The van der Waals surface area contributed by atoms with Crippen LogP contribution in [0.1, 0.15) is 43.7 Å². The first kappa shape index (κ1) is 17.4. The molecule has 0 unspecified atom stereocenters. The van der Waals surface area contributed by atoms with Crippen LogP contribution in [0.5, 0.6) is 0 Å². The highest BCUT2D eigenvalue weighted by Crippen LogP contribution is 2.36. The number of nitrogens with zero attached hydrogens (tertiary/aromatic N) is 2. The van der Waals surface area contributed by atoms with Crippen molar-refractivity contribution in [2.75, 3.05) is 19.3 Å². The summed E-state index contributed by atoms with van der Waals surface area (Å²) >= 11 is 0. The van der Waals surface area contributed by atoms with Gasteiger partial charge in [-0.05, 0) is 36.5 Å². The first-order valence-electron chi connectivity index (χ1n) is 8.59. The van der Waals surface area contributed by atoms with Gasteiger partial charge >= 0.3 is 0 Å². The summed E-state index contributed by atoms with van der Waals surface area (Å²) < 4.78 is 27.4. The van der Waals surface area contributed by atoms with Crippen LogP contribution in [0.2, 0.25) is 0 Å². The maximum absolute atomic E-state index is 12.3. The number of likely N-dealkylation sites (tertiary alicyclic amines) is 1. The molecule has 2 heterocycles. The van der Waals surface area contributed by atoms with Crippen LogP contribution in [-0.2, 0) is 14.8 Å². The molecule has 6 nitrogen and oxygen atoms in total. The van der Waals surface area contributed by atoms with E-state index in [9.17, 15) is 13.2 Å². The van der Waals surface area contributed by atoms with Crippen molar-refractivity contribution in [1.82, 2.24) is 14.6 Å². The first-order chi connectivity index (χ1) is 11.5. The molecule has 0 bridgehead atoms. The van der Waals surface area contributed by atoms with E-state index in [4.69, 9.17) is 0 Å². The minimum absolute atomic E-state index is 0.0525. The Morgan fingerprint density at radius 3 is 2.58 bits per heavy atom. The van der Waals surface area contributed by atoms with Crippen molar-refractivity contribution in [2.45, 2.75) is 38.1 Å². The van der Waals surface area contributed by atoms with E-state index in [1.54, 1.807) is 24.3 Å². The average Bonchev–Trinajstić information content (AvgIpc) is 3.15. The summed E-state index contributed by atoms with van der Waals surface area (Å²) in [6, 6.07) is 3.68. The summed E-state index contributed by atoms with van der Waals surface area (Å²) in [6.07, 6.45) is 8.05. The number of carbonyl (C=O) groups excluding carboxylic acids is 1. The first-order valence-corrected chi connectivity index (χ1v) is 10.2. The number of nitrogens with one attached hydrogen (secondary N) is 1. The quantitative estimate of drug-likeness (QED) is 0.846. The number of hydrogen-bond donors (Lipinski definition) is 1. The maximum Gasteiger partial charge on any atom is 0.223 e. The zero-order valence-electron chi connectivity index (χ0n) is 14.0. The van der Waals surface area contributed by atoms with Crippen LogP contribution < -0.4 is 4.72 Å². The van der Waals surface area contributed by atoms with E-state index in [0.29, 0.717) is 13.0 Å². The Labute approximate surface area is 143 Å². The van der Waals surface area contributed by atoms with Gasteiger partial charge in [0.25, 0.3) is 0 Å². The van der Waals surface area contributed by atoms with Crippen LogP contribution >= 0.6 is 0 Å². The van der Waals surface area contributed by atoms with E-state index in [-0.39, 0.29) is 29.5 Å². The molecule has 2 atom stereocenters. The van der Waals surface area contributed by atoms with Gasteiger partial charge in [0.1, 0.15) is 0 Å². The molecule has 2 aliphatic rings. The topological polar surface area (TPSA) is 79.4 Å². The van der Waals surface area contributed by atoms with Crippen LogP contribution in [-0.4, -0.2) is 43.6 Å². The van der Waals surface area contributed by atoms with E-state index in [0.717, 1.165) is 31.2 Å². The van der Waals surface area contributed by atoms with Gasteiger partial charge in [0.05, 0.1) is 11.8 Å². The second-order valence-corrected chi connectivity index (χ2v) is 8.83. The van der Waals surface area contributed by atoms with Crippen molar-refractivity contribution in [2.24, 2.45) is 11.8 Å². The minimum Gasteiger partial charge on any atom is -0.338 e. The van der Waals surface area contributed by atoms with E-state index in [1.807, 2.05) is 12.1 Å². The summed E-state index contributed by atoms with van der Waals surface area (Å²) in [4.78, 5) is 17.8. The van der Waals surface area contributed by atoms with E-state index < -0.39 is 10.0 Å². The standard InChI is InChI=1S/C17H25N3O3S/c1-20-16(21)10-15(17(20)14-6-8-18-9-7-14)11-19-24(22,23)12-13-4-2-3-5-13/h6-9,13,15,17,19H,2-5,10-12H2,1H3/t15-,17-/m0/s1.